The second-order valence-corrected chi connectivity index (χ2v) is 4.91. The third-order valence-corrected chi connectivity index (χ3v) is 3.60. The number of hydrogen-bond acceptors (Lipinski definition) is 2. The van der Waals surface area contributed by atoms with Crippen LogP contribution in [-0.4, -0.2) is 5.78 Å². The molecule has 0 amide bonds. The largest absolute Gasteiger partial charge is 0.399 e. The zero-order valence-corrected chi connectivity index (χ0v) is 10.4. The van der Waals surface area contributed by atoms with Gasteiger partial charge in [0.15, 0.2) is 5.78 Å². The molecule has 0 saturated carbocycles. The van der Waals surface area contributed by atoms with Crippen LogP contribution in [0.3, 0.4) is 0 Å². The molecule has 0 aromatic heterocycles. The Morgan fingerprint density at radius 1 is 1.05 bits per heavy atom. The maximum atomic E-state index is 13.7. The number of hydrogen-bond donors (Lipinski definition) is 1. The molecule has 2 N–H and O–H groups in total. The average molecular weight is 255 g/mol. The van der Waals surface area contributed by atoms with Gasteiger partial charge in [-0.15, -0.1) is 0 Å². The second kappa shape index (κ2) is 4.50. The molecule has 2 aromatic carbocycles. The summed E-state index contributed by atoms with van der Waals surface area (Å²) in [5.41, 5.74) is 9.08. The van der Waals surface area contributed by atoms with Crippen LogP contribution < -0.4 is 5.73 Å². The molecule has 0 bridgehead atoms. The van der Waals surface area contributed by atoms with Gasteiger partial charge in [-0.2, -0.15) is 0 Å². The fourth-order valence-electron chi connectivity index (χ4n) is 2.59. The normalized spacial score (nSPS) is 13.3. The molecule has 1 aliphatic rings. The van der Waals surface area contributed by atoms with Crippen molar-refractivity contribution in [2.24, 2.45) is 0 Å². The average Bonchev–Trinajstić information content (AvgIpc) is 2.88. The van der Waals surface area contributed by atoms with Crippen LogP contribution in [0.4, 0.5) is 10.1 Å². The van der Waals surface area contributed by atoms with Crippen LogP contribution in [0, 0.1) is 5.82 Å². The first-order chi connectivity index (χ1) is 9.15. The summed E-state index contributed by atoms with van der Waals surface area (Å²) in [7, 11) is 0. The molecular weight excluding hydrogens is 241 g/mol. The lowest BCUT2D eigenvalue weighted by molar-refractivity contribution is 0.103. The monoisotopic (exact) mass is 255 g/mol. The number of nitrogen functional groups attached to an aromatic ring is 1. The number of anilines is 1. The van der Waals surface area contributed by atoms with E-state index in [1.807, 2.05) is 12.1 Å². The Balaban J connectivity index is 2.02. The van der Waals surface area contributed by atoms with E-state index in [2.05, 4.69) is 0 Å². The van der Waals surface area contributed by atoms with Crippen LogP contribution in [0.5, 0.6) is 0 Å². The highest BCUT2D eigenvalue weighted by Crippen LogP contribution is 2.24. The summed E-state index contributed by atoms with van der Waals surface area (Å²) in [6.45, 7) is 0. The van der Waals surface area contributed by atoms with Gasteiger partial charge in [0.25, 0.3) is 0 Å². The minimum Gasteiger partial charge on any atom is -0.399 e. The molecule has 3 rings (SSSR count). The van der Waals surface area contributed by atoms with Crippen molar-refractivity contribution >= 4 is 11.5 Å². The third-order valence-electron chi connectivity index (χ3n) is 3.60. The summed E-state index contributed by atoms with van der Waals surface area (Å²) in [6, 6.07) is 9.71. The number of halogens is 1. The van der Waals surface area contributed by atoms with E-state index >= 15 is 0 Å². The summed E-state index contributed by atoms with van der Waals surface area (Å²) in [5.74, 6) is -0.834. The van der Waals surface area contributed by atoms with Crippen LogP contribution in [0.15, 0.2) is 36.4 Å². The first kappa shape index (κ1) is 11.9. The highest BCUT2D eigenvalue weighted by Gasteiger charge is 2.17. The SMILES string of the molecule is Nc1ccc(F)c(C(=O)c2ccc3c(c2)CCC3)c1. The van der Waals surface area contributed by atoms with Crippen molar-refractivity contribution < 1.29 is 9.18 Å². The minimum atomic E-state index is -0.528. The van der Waals surface area contributed by atoms with E-state index in [-0.39, 0.29) is 11.3 Å². The van der Waals surface area contributed by atoms with E-state index in [4.69, 9.17) is 5.73 Å². The fraction of sp³-hybridized carbons (Fsp3) is 0.188. The number of carbonyl (C=O) groups is 1. The van der Waals surface area contributed by atoms with Crippen molar-refractivity contribution in [2.45, 2.75) is 19.3 Å². The summed E-state index contributed by atoms with van der Waals surface area (Å²) < 4.78 is 13.7. The maximum absolute atomic E-state index is 13.7. The predicted molar refractivity (Wildman–Crippen MR) is 72.7 cm³/mol. The highest BCUT2D eigenvalue weighted by molar-refractivity contribution is 6.09. The van der Waals surface area contributed by atoms with Gasteiger partial charge in [-0.1, -0.05) is 12.1 Å². The van der Waals surface area contributed by atoms with Crippen LogP contribution in [-0.2, 0) is 12.8 Å². The van der Waals surface area contributed by atoms with Gasteiger partial charge < -0.3 is 5.73 Å². The van der Waals surface area contributed by atoms with Crippen LogP contribution in [0.2, 0.25) is 0 Å². The van der Waals surface area contributed by atoms with E-state index in [9.17, 15) is 9.18 Å². The standard InChI is InChI=1S/C16H14FNO/c17-15-7-6-13(18)9-14(15)16(19)12-5-4-10-2-1-3-11(10)8-12/h4-9H,1-3,18H2. The number of ketones is 1. The molecular formula is C16H14FNO. The van der Waals surface area contributed by atoms with Gasteiger partial charge in [0.1, 0.15) is 5.82 Å². The van der Waals surface area contributed by atoms with E-state index < -0.39 is 5.82 Å². The van der Waals surface area contributed by atoms with Crippen molar-refractivity contribution in [1.29, 1.82) is 0 Å². The number of benzene rings is 2. The van der Waals surface area contributed by atoms with Crippen molar-refractivity contribution in [3.05, 3.63) is 64.5 Å². The molecule has 1 aliphatic carbocycles. The van der Waals surface area contributed by atoms with Gasteiger partial charge in [0, 0.05) is 11.3 Å². The van der Waals surface area contributed by atoms with Crippen molar-refractivity contribution in [2.75, 3.05) is 5.73 Å². The predicted octanol–water partition coefficient (Wildman–Crippen LogP) is 3.13. The van der Waals surface area contributed by atoms with Gasteiger partial charge in [-0.3, -0.25) is 4.79 Å². The topological polar surface area (TPSA) is 43.1 Å². The molecule has 0 spiro atoms. The highest BCUT2D eigenvalue weighted by atomic mass is 19.1. The Labute approximate surface area is 111 Å². The van der Waals surface area contributed by atoms with E-state index in [0.717, 1.165) is 19.3 Å². The molecule has 0 saturated heterocycles. The zero-order valence-electron chi connectivity index (χ0n) is 10.4. The lowest BCUT2D eigenvalue weighted by Crippen LogP contribution is -2.06. The Morgan fingerprint density at radius 3 is 2.68 bits per heavy atom. The van der Waals surface area contributed by atoms with E-state index in [1.54, 1.807) is 6.07 Å². The van der Waals surface area contributed by atoms with Crippen LogP contribution in [0.25, 0.3) is 0 Å². The van der Waals surface area contributed by atoms with Crippen molar-refractivity contribution in [3.8, 4) is 0 Å². The van der Waals surface area contributed by atoms with E-state index in [1.165, 1.54) is 29.3 Å². The third kappa shape index (κ3) is 2.12. The van der Waals surface area contributed by atoms with Gasteiger partial charge in [0.05, 0.1) is 5.56 Å². The van der Waals surface area contributed by atoms with Gasteiger partial charge in [-0.25, -0.2) is 4.39 Å². The molecule has 0 radical (unpaired) electrons. The summed E-state index contributed by atoms with van der Waals surface area (Å²) >= 11 is 0. The van der Waals surface area contributed by atoms with Gasteiger partial charge in [-0.05, 0) is 54.7 Å². The lowest BCUT2D eigenvalue weighted by Gasteiger charge is -2.06. The second-order valence-electron chi connectivity index (χ2n) is 4.91. The fourth-order valence-corrected chi connectivity index (χ4v) is 2.59. The smallest absolute Gasteiger partial charge is 0.196 e. The van der Waals surface area contributed by atoms with Gasteiger partial charge >= 0.3 is 0 Å². The van der Waals surface area contributed by atoms with E-state index in [0.29, 0.717) is 11.3 Å². The minimum absolute atomic E-state index is 0.0398. The molecule has 3 heteroatoms. The van der Waals surface area contributed by atoms with Crippen LogP contribution >= 0.6 is 0 Å². The Bertz CT molecular complexity index is 664. The Morgan fingerprint density at radius 2 is 1.84 bits per heavy atom. The maximum Gasteiger partial charge on any atom is 0.196 e. The van der Waals surface area contributed by atoms with Crippen LogP contribution in [0.1, 0.15) is 33.5 Å². The summed E-state index contributed by atoms with van der Waals surface area (Å²) in [5, 5.41) is 0. The molecule has 19 heavy (non-hydrogen) atoms. The quantitative estimate of drug-likeness (QED) is 0.661. The lowest BCUT2D eigenvalue weighted by atomic mass is 9.99. The van der Waals surface area contributed by atoms with Crippen molar-refractivity contribution in [1.82, 2.24) is 0 Å². The first-order valence-corrected chi connectivity index (χ1v) is 6.36. The first-order valence-electron chi connectivity index (χ1n) is 6.36. The number of rotatable bonds is 2. The molecule has 0 heterocycles. The summed E-state index contributed by atoms with van der Waals surface area (Å²) in [4.78, 5) is 12.3. The number of aryl methyl sites for hydroxylation is 2. The Kier molecular flexibility index (Phi) is 2.82. The number of carbonyl (C=O) groups excluding carboxylic acids is 1. The molecule has 0 aliphatic heterocycles. The molecule has 96 valence electrons. The molecule has 0 fully saturated rings. The number of fused-ring (bicyclic) bond motifs is 1. The summed E-state index contributed by atoms with van der Waals surface area (Å²) in [6.07, 6.45) is 3.19. The van der Waals surface area contributed by atoms with Gasteiger partial charge in [0.2, 0.25) is 0 Å². The molecule has 0 unspecified atom stereocenters. The molecule has 2 nitrogen and oxygen atoms in total. The molecule has 2 aromatic rings. The van der Waals surface area contributed by atoms with Crippen molar-refractivity contribution in [3.63, 3.8) is 0 Å². The molecule has 0 atom stereocenters. The zero-order chi connectivity index (χ0) is 13.4. The number of nitrogens with two attached hydrogens (primary N) is 1. The Hall–Kier alpha value is -2.16.